The van der Waals surface area contributed by atoms with Crippen molar-refractivity contribution in [1.82, 2.24) is 0 Å². The number of hydrogen-bond donors (Lipinski definition) is 0. The zero-order chi connectivity index (χ0) is 27.0. The van der Waals surface area contributed by atoms with Crippen molar-refractivity contribution in [2.24, 2.45) is 0 Å². The van der Waals surface area contributed by atoms with Gasteiger partial charge in [-0.2, -0.15) is 0 Å². The average Bonchev–Trinajstić information content (AvgIpc) is 3.01. The van der Waals surface area contributed by atoms with Gasteiger partial charge in [-0.25, -0.2) is 0 Å². The van der Waals surface area contributed by atoms with Gasteiger partial charge in [0.15, 0.2) is 0 Å². The van der Waals surface area contributed by atoms with E-state index >= 15 is 0 Å². The Morgan fingerprint density at radius 1 is 0.250 bits per heavy atom. The second kappa shape index (κ2) is 12.6. The molecular weight excluding hydrogens is 689 g/mol. The SMILES string of the molecule is c1ccc(Oc2cc[c]([Bi]([c]3ccc(Oc4ccccc4)cc3)[c]3ccc(Oc4ccccc4)cc3)cc2)cc1. The third-order valence-corrected chi connectivity index (χ3v) is 15.7. The maximum absolute atomic E-state index is 6.06. The molecule has 0 saturated heterocycles. The summed E-state index contributed by atoms with van der Waals surface area (Å²) in [7, 11) is 0. The number of hydrogen-bond acceptors (Lipinski definition) is 3. The first kappa shape index (κ1) is 25.9. The molecule has 0 heterocycles. The standard InChI is InChI=1S/3C12H9O.Bi/c3*1-3-7-11(8-4-1)13-12-9-5-2-6-10-12;/h3*1,3-10H;. The summed E-state index contributed by atoms with van der Waals surface area (Å²) in [5.74, 6) is 4.99. The molecule has 0 aliphatic carbocycles. The summed E-state index contributed by atoms with van der Waals surface area (Å²) in [6.45, 7) is 0. The van der Waals surface area contributed by atoms with Crippen LogP contribution in [-0.2, 0) is 0 Å². The molecule has 6 aromatic rings. The number of para-hydroxylation sites is 3. The van der Waals surface area contributed by atoms with Crippen LogP contribution in [0.25, 0.3) is 0 Å². The van der Waals surface area contributed by atoms with Gasteiger partial charge in [0.25, 0.3) is 0 Å². The van der Waals surface area contributed by atoms with E-state index in [0.29, 0.717) is 0 Å². The molecule has 0 N–H and O–H groups in total. The van der Waals surface area contributed by atoms with Gasteiger partial charge in [-0.3, -0.25) is 0 Å². The van der Waals surface area contributed by atoms with Crippen molar-refractivity contribution in [3.63, 3.8) is 0 Å². The maximum atomic E-state index is 6.06. The van der Waals surface area contributed by atoms with E-state index in [2.05, 4.69) is 72.8 Å². The fraction of sp³-hybridized carbons (Fsp3) is 0. The van der Waals surface area contributed by atoms with Crippen LogP contribution in [0.1, 0.15) is 0 Å². The van der Waals surface area contributed by atoms with E-state index < -0.39 is 21.8 Å². The Kier molecular flexibility index (Phi) is 8.17. The second-order valence-corrected chi connectivity index (χ2v) is 17.7. The van der Waals surface area contributed by atoms with Crippen molar-refractivity contribution >= 4 is 31.6 Å². The molecule has 0 saturated carbocycles. The van der Waals surface area contributed by atoms with Crippen LogP contribution in [0.3, 0.4) is 0 Å². The van der Waals surface area contributed by atoms with Crippen LogP contribution < -0.4 is 24.0 Å². The van der Waals surface area contributed by atoms with Crippen molar-refractivity contribution in [2.75, 3.05) is 0 Å². The van der Waals surface area contributed by atoms with Gasteiger partial charge in [-0.05, 0) is 0 Å². The van der Waals surface area contributed by atoms with Crippen LogP contribution in [0, 0.1) is 0 Å². The summed E-state index contributed by atoms with van der Waals surface area (Å²) >= 11 is -2.64. The molecule has 40 heavy (non-hydrogen) atoms. The summed E-state index contributed by atoms with van der Waals surface area (Å²) in [4.78, 5) is 0. The van der Waals surface area contributed by atoms with Gasteiger partial charge in [-0.1, -0.05) is 0 Å². The third-order valence-electron chi connectivity index (χ3n) is 6.22. The summed E-state index contributed by atoms with van der Waals surface area (Å²) < 4.78 is 22.3. The Labute approximate surface area is 242 Å². The summed E-state index contributed by atoms with van der Waals surface area (Å²) in [5.41, 5.74) is 0. The Morgan fingerprint density at radius 3 is 0.725 bits per heavy atom. The van der Waals surface area contributed by atoms with Crippen LogP contribution >= 0.6 is 0 Å². The Bertz CT molecular complexity index is 1420. The van der Waals surface area contributed by atoms with Gasteiger partial charge in [0.05, 0.1) is 0 Å². The van der Waals surface area contributed by atoms with E-state index in [1.807, 2.05) is 91.0 Å². The van der Waals surface area contributed by atoms with E-state index in [1.54, 1.807) is 0 Å². The van der Waals surface area contributed by atoms with Gasteiger partial charge in [-0.15, -0.1) is 0 Å². The number of ether oxygens (including phenoxy) is 3. The van der Waals surface area contributed by atoms with Crippen molar-refractivity contribution in [1.29, 1.82) is 0 Å². The van der Waals surface area contributed by atoms with Crippen LogP contribution in [0.2, 0.25) is 0 Å². The Balaban J connectivity index is 1.28. The van der Waals surface area contributed by atoms with E-state index in [-0.39, 0.29) is 0 Å². The molecule has 3 nitrogen and oxygen atoms in total. The molecule has 6 rings (SSSR count). The molecule has 0 bridgehead atoms. The molecule has 194 valence electrons. The molecule has 0 atom stereocenters. The third kappa shape index (κ3) is 6.59. The van der Waals surface area contributed by atoms with Crippen LogP contribution in [0.15, 0.2) is 164 Å². The van der Waals surface area contributed by atoms with E-state index in [9.17, 15) is 0 Å². The Morgan fingerprint density at radius 2 is 0.475 bits per heavy atom. The van der Waals surface area contributed by atoms with Crippen molar-refractivity contribution < 1.29 is 14.2 Å². The number of rotatable bonds is 9. The van der Waals surface area contributed by atoms with Gasteiger partial charge in [0, 0.05) is 0 Å². The summed E-state index contributed by atoms with van der Waals surface area (Å²) in [6.07, 6.45) is 0. The minimum atomic E-state index is -2.64. The molecule has 0 unspecified atom stereocenters. The fourth-order valence-corrected chi connectivity index (χ4v) is 13.0. The molecule has 4 heteroatoms. The fourth-order valence-electron chi connectivity index (χ4n) is 4.31. The molecule has 0 spiro atoms. The first-order valence-corrected chi connectivity index (χ1v) is 18.3. The van der Waals surface area contributed by atoms with Crippen LogP contribution in [-0.4, -0.2) is 21.8 Å². The van der Waals surface area contributed by atoms with E-state index in [0.717, 1.165) is 34.5 Å². The average molecular weight is 717 g/mol. The molecule has 0 amide bonds. The molecule has 0 fully saturated rings. The van der Waals surface area contributed by atoms with Gasteiger partial charge >= 0.3 is 244 Å². The minimum absolute atomic E-state index is 0.831. The molecule has 0 aliphatic heterocycles. The molecule has 0 aliphatic rings. The molecule has 0 radical (unpaired) electrons. The molecule has 0 aromatic heterocycles. The second-order valence-electron chi connectivity index (χ2n) is 9.06. The predicted octanol–water partition coefficient (Wildman–Crippen LogP) is 7.58. The van der Waals surface area contributed by atoms with Gasteiger partial charge < -0.3 is 0 Å². The van der Waals surface area contributed by atoms with Gasteiger partial charge in [0.1, 0.15) is 0 Å². The number of benzene rings is 6. The summed E-state index contributed by atoms with van der Waals surface area (Å²) in [6, 6.07) is 55.4. The van der Waals surface area contributed by atoms with Crippen LogP contribution in [0.5, 0.6) is 34.5 Å². The van der Waals surface area contributed by atoms with Crippen molar-refractivity contribution in [3.05, 3.63) is 164 Å². The van der Waals surface area contributed by atoms with Crippen molar-refractivity contribution in [3.8, 4) is 34.5 Å². The predicted molar refractivity (Wildman–Crippen MR) is 164 cm³/mol. The first-order valence-electron chi connectivity index (χ1n) is 13.1. The van der Waals surface area contributed by atoms with E-state index in [4.69, 9.17) is 14.2 Å². The molecule has 6 aromatic carbocycles. The van der Waals surface area contributed by atoms with Crippen molar-refractivity contribution in [2.45, 2.75) is 0 Å². The first-order chi connectivity index (χ1) is 19.8. The van der Waals surface area contributed by atoms with Crippen LogP contribution in [0.4, 0.5) is 0 Å². The van der Waals surface area contributed by atoms with Gasteiger partial charge in [0.2, 0.25) is 0 Å². The normalized spacial score (nSPS) is 10.7. The molecular formula is C36H27BiO3. The zero-order valence-electron chi connectivity index (χ0n) is 21.8. The zero-order valence-corrected chi connectivity index (χ0v) is 25.2. The summed E-state index contributed by atoms with van der Waals surface area (Å²) in [5, 5.41) is 0. The monoisotopic (exact) mass is 716 g/mol. The Hall–Kier alpha value is -4.40. The quantitative estimate of drug-likeness (QED) is 0.145. The van der Waals surface area contributed by atoms with E-state index in [1.165, 1.54) is 9.81 Å². The topological polar surface area (TPSA) is 27.7 Å².